The Labute approximate surface area is 75.2 Å². The van der Waals surface area contributed by atoms with Gasteiger partial charge in [-0.05, 0) is 25.2 Å². The van der Waals surface area contributed by atoms with Crippen molar-refractivity contribution >= 4 is 0 Å². The van der Waals surface area contributed by atoms with Crippen LogP contribution in [-0.4, -0.2) is 10.7 Å². The number of hydrogen-bond acceptors (Lipinski definition) is 1. The van der Waals surface area contributed by atoms with Crippen LogP contribution in [0.25, 0.3) is 0 Å². The summed E-state index contributed by atoms with van der Waals surface area (Å²) in [7, 11) is 0. The third-order valence-corrected chi connectivity index (χ3v) is 3.40. The Kier molecular flexibility index (Phi) is 2.40. The molecule has 1 N–H and O–H groups in total. The lowest BCUT2D eigenvalue weighted by Gasteiger charge is -2.26. The highest BCUT2D eigenvalue weighted by Gasteiger charge is 2.35. The fourth-order valence-corrected chi connectivity index (χ4v) is 2.45. The van der Waals surface area contributed by atoms with Crippen LogP contribution >= 0.6 is 0 Å². The predicted octanol–water partition coefficient (Wildman–Crippen LogP) is 2.87. The molecule has 0 amide bonds. The minimum absolute atomic E-state index is 0.252. The van der Waals surface area contributed by atoms with Crippen molar-refractivity contribution < 1.29 is 5.11 Å². The topological polar surface area (TPSA) is 20.2 Å². The molecule has 0 spiro atoms. The second-order valence-electron chi connectivity index (χ2n) is 4.79. The zero-order valence-electron chi connectivity index (χ0n) is 7.89. The van der Waals surface area contributed by atoms with Crippen molar-refractivity contribution in [2.45, 2.75) is 63.4 Å². The molecule has 2 saturated carbocycles. The van der Waals surface area contributed by atoms with Gasteiger partial charge in [-0.3, -0.25) is 0 Å². The summed E-state index contributed by atoms with van der Waals surface area (Å²) in [6.45, 7) is 0. The molecule has 0 saturated heterocycles. The standard InChI is InChI=1S/C11H20O/c12-11(9-10-5-6-10)7-3-1-2-4-8-11/h10,12H,1-9H2. The van der Waals surface area contributed by atoms with Gasteiger partial charge in [-0.2, -0.15) is 0 Å². The molecule has 2 aliphatic carbocycles. The molecule has 0 atom stereocenters. The summed E-state index contributed by atoms with van der Waals surface area (Å²) in [4.78, 5) is 0. The van der Waals surface area contributed by atoms with Gasteiger partial charge in [-0.25, -0.2) is 0 Å². The second kappa shape index (κ2) is 3.37. The molecule has 0 aromatic carbocycles. The van der Waals surface area contributed by atoms with Crippen molar-refractivity contribution in [2.24, 2.45) is 5.92 Å². The highest BCUT2D eigenvalue weighted by Crippen LogP contribution is 2.41. The van der Waals surface area contributed by atoms with E-state index in [2.05, 4.69) is 0 Å². The molecule has 0 bridgehead atoms. The fraction of sp³-hybridized carbons (Fsp3) is 1.00. The first-order chi connectivity index (χ1) is 5.79. The van der Waals surface area contributed by atoms with Gasteiger partial charge < -0.3 is 5.11 Å². The molecule has 2 fully saturated rings. The fourth-order valence-electron chi connectivity index (χ4n) is 2.45. The lowest BCUT2D eigenvalue weighted by atomic mass is 9.89. The van der Waals surface area contributed by atoms with Crippen LogP contribution in [0.5, 0.6) is 0 Å². The van der Waals surface area contributed by atoms with Crippen LogP contribution in [0.15, 0.2) is 0 Å². The summed E-state index contributed by atoms with van der Waals surface area (Å²) in [5, 5.41) is 10.3. The third-order valence-electron chi connectivity index (χ3n) is 3.40. The van der Waals surface area contributed by atoms with E-state index in [1.165, 1.54) is 38.5 Å². The van der Waals surface area contributed by atoms with Gasteiger partial charge >= 0.3 is 0 Å². The minimum Gasteiger partial charge on any atom is -0.390 e. The maximum atomic E-state index is 10.3. The molecule has 1 heteroatoms. The lowest BCUT2D eigenvalue weighted by Crippen LogP contribution is -2.28. The maximum absolute atomic E-state index is 10.3. The normalized spacial score (nSPS) is 29.8. The van der Waals surface area contributed by atoms with Gasteiger partial charge in [0.2, 0.25) is 0 Å². The van der Waals surface area contributed by atoms with Gasteiger partial charge in [0.25, 0.3) is 0 Å². The molecule has 0 aliphatic heterocycles. The average Bonchev–Trinajstić information content (AvgIpc) is 2.80. The van der Waals surface area contributed by atoms with Crippen LogP contribution < -0.4 is 0 Å². The van der Waals surface area contributed by atoms with E-state index in [4.69, 9.17) is 0 Å². The SMILES string of the molecule is OC1(CC2CC2)CCCCCC1. The van der Waals surface area contributed by atoms with Crippen molar-refractivity contribution in [3.05, 3.63) is 0 Å². The van der Waals surface area contributed by atoms with Crippen molar-refractivity contribution in [1.82, 2.24) is 0 Å². The van der Waals surface area contributed by atoms with Crippen molar-refractivity contribution in [3.63, 3.8) is 0 Å². The Balaban J connectivity index is 1.86. The molecule has 0 aromatic rings. The zero-order valence-corrected chi connectivity index (χ0v) is 7.89. The second-order valence-corrected chi connectivity index (χ2v) is 4.79. The van der Waals surface area contributed by atoms with Crippen LogP contribution in [0.2, 0.25) is 0 Å². The first-order valence-electron chi connectivity index (χ1n) is 5.51. The van der Waals surface area contributed by atoms with E-state index >= 15 is 0 Å². The molecule has 2 aliphatic rings. The molecule has 1 nitrogen and oxygen atoms in total. The molecule has 0 heterocycles. The Morgan fingerprint density at radius 3 is 2.08 bits per heavy atom. The smallest absolute Gasteiger partial charge is 0.0650 e. The summed E-state index contributed by atoms with van der Waals surface area (Å²) in [6.07, 6.45) is 11.2. The lowest BCUT2D eigenvalue weighted by molar-refractivity contribution is 0.0112. The largest absolute Gasteiger partial charge is 0.390 e. The molecule has 0 unspecified atom stereocenters. The molecule has 0 aromatic heterocycles. The Morgan fingerprint density at radius 1 is 1.00 bits per heavy atom. The van der Waals surface area contributed by atoms with E-state index in [1.807, 2.05) is 0 Å². The van der Waals surface area contributed by atoms with Crippen LogP contribution in [0, 0.1) is 5.92 Å². The molecule has 70 valence electrons. The van der Waals surface area contributed by atoms with Crippen LogP contribution in [0.4, 0.5) is 0 Å². The summed E-state index contributed by atoms with van der Waals surface area (Å²) in [5.74, 6) is 0.882. The van der Waals surface area contributed by atoms with Gasteiger partial charge in [-0.1, -0.05) is 38.5 Å². The Hall–Kier alpha value is -0.0400. The Morgan fingerprint density at radius 2 is 1.58 bits per heavy atom. The number of aliphatic hydroxyl groups is 1. The zero-order chi connectivity index (χ0) is 8.44. The summed E-state index contributed by atoms with van der Waals surface area (Å²) < 4.78 is 0. The van der Waals surface area contributed by atoms with Crippen molar-refractivity contribution in [1.29, 1.82) is 0 Å². The molecule has 12 heavy (non-hydrogen) atoms. The van der Waals surface area contributed by atoms with E-state index in [0.717, 1.165) is 25.2 Å². The Bertz CT molecular complexity index is 141. The van der Waals surface area contributed by atoms with Gasteiger partial charge in [0.1, 0.15) is 0 Å². The van der Waals surface area contributed by atoms with Gasteiger partial charge in [0.15, 0.2) is 0 Å². The van der Waals surface area contributed by atoms with E-state index in [0.29, 0.717) is 0 Å². The van der Waals surface area contributed by atoms with Crippen LogP contribution in [-0.2, 0) is 0 Å². The summed E-state index contributed by atoms with van der Waals surface area (Å²) in [5.41, 5.74) is -0.252. The molecular formula is C11H20O. The molecule has 2 rings (SSSR count). The molecular weight excluding hydrogens is 148 g/mol. The predicted molar refractivity (Wildman–Crippen MR) is 50.0 cm³/mol. The van der Waals surface area contributed by atoms with Gasteiger partial charge in [-0.15, -0.1) is 0 Å². The van der Waals surface area contributed by atoms with Crippen LogP contribution in [0.1, 0.15) is 57.8 Å². The van der Waals surface area contributed by atoms with Crippen molar-refractivity contribution in [2.75, 3.05) is 0 Å². The first-order valence-corrected chi connectivity index (χ1v) is 5.51. The summed E-state index contributed by atoms with van der Waals surface area (Å²) >= 11 is 0. The van der Waals surface area contributed by atoms with E-state index < -0.39 is 0 Å². The number of hydrogen-bond donors (Lipinski definition) is 1. The van der Waals surface area contributed by atoms with Gasteiger partial charge in [0.05, 0.1) is 5.60 Å². The highest BCUT2D eigenvalue weighted by atomic mass is 16.3. The number of rotatable bonds is 2. The third kappa shape index (κ3) is 2.22. The quantitative estimate of drug-likeness (QED) is 0.629. The minimum atomic E-state index is -0.252. The van der Waals surface area contributed by atoms with Crippen LogP contribution in [0.3, 0.4) is 0 Å². The van der Waals surface area contributed by atoms with Gasteiger partial charge in [0, 0.05) is 0 Å². The van der Waals surface area contributed by atoms with E-state index in [9.17, 15) is 5.11 Å². The van der Waals surface area contributed by atoms with Crippen molar-refractivity contribution in [3.8, 4) is 0 Å². The first kappa shape index (κ1) is 8.55. The maximum Gasteiger partial charge on any atom is 0.0650 e. The van der Waals surface area contributed by atoms with E-state index in [-0.39, 0.29) is 5.60 Å². The summed E-state index contributed by atoms with van der Waals surface area (Å²) in [6, 6.07) is 0. The monoisotopic (exact) mass is 168 g/mol. The highest BCUT2D eigenvalue weighted by molar-refractivity contribution is 4.88. The average molecular weight is 168 g/mol. The van der Waals surface area contributed by atoms with E-state index in [1.54, 1.807) is 0 Å². The molecule has 0 radical (unpaired) electrons.